The van der Waals surface area contributed by atoms with Gasteiger partial charge in [-0.1, -0.05) is 23.4 Å². The summed E-state index contributed by atoms with van der Waals surface area (Å²) in [6.45, 7) is 6.49. The average molecular weight is 334 g/mol. The van der Waals surface area contributed by atoms with Crippen molar-refractivity contribution in [3.8, 4) is 22.7 Å². The highest BCUT2D eigenvalue weighted by molar-refractivity contribution is 5.66. The number of benzene rings is 1. The Morgan fingerprint density at radius 2 is 1.92 bits per heavy atom. The molecule has 0 bridgehead atoms. The number of pyridine rings is 1. The predicted octanol–water partition coefficient (Wildman–Crippen LogP) is 4.26. The zero-order chi connectivity index (χ0) is 17.2. The van der Waals surface area contributed by atoms with Gasteiger partial charge < -0.3 is 4.52 Å². The molecule has 1 atom stereocenters. The van der Waals surface area contributed by atoms with Gasteiger partial charge in [-0.2, -0.15) is 4.98 Å². The van der Waals surface area contributed by atoms with Crippen molar-refractivity contribution in [2.75, 3.05) is 13.1 Å². The zero-order valence-electron chi connectivity index (χ0n) is 14.6. The summed E-state index contributed by atoms with van der Waals surface area (Å²) in [4.78, 5) is 11.4. The first-order valence-electron chi connectivity index (χ1n) is 8.82. The van der Waals surface area contributed by atoms with Crippen molar-refractivity contribution in [2.45, 2.75) is 32.7 Å². The fraction of sp³-hybridized carbons (Fsp3) is 0.350. The summed E-state index contributed by atoms with van der Waals surface area (Å²) in [5.41, 5.74) is 4.26. The molecule has 1 aromatic carbocycles. The molecule has 128 valence electrons. The van der Waals surface area contributed by atoms with E-state index in [9.17, 15) is 0 Å². The Morgan fingerprint density at radius 1 is 1.08 bits per heavy atom. The minimum atomic E-state index is 0.434. The first-order chi connectivity index (χ1) is 12.2. The van der Waals surface area contributed by atoms with Crippen LogP contribution in [0.1, 0.15) is 37.2 Å². The van der Waals surface area contributed by atoms with Crippen LogP contribution in [0.4, 0.5) is 0 Å². The van der Waals surface area contributed by atoms with Crippen molar-refractivity contribution in [2.24, 2.45) is 0 Å². The maximum atomic E-state index is 5.28. The van der Waals surface area contributed by atoms with Crippen LogP contribution in [0.2, 0.25) is 0 Å². The van der Waals surface area contributed by atoms with Crippen molar-refractivity contribution in [1.82, 2.24) is 20.0 Å². The molecular weight excluding hydrogens is 312 g/mol. The van der Waals surface area contributed by atoms with Crippen LogP contribution in [-0.4, -0.2) is 33.1 Å². The van der Waals surface area contributed by atoms with E-state index in [1.165, 1.54) is 31.5 Å². The molecule has 2 aromatic heterocycles. The minimum absolute atomic E-state index is 0.434. The van der Waals surface area contributed by atoms with Crippen molar-refractivity contribution in [1.29, 1.82) is 0 Å². The van der Waals surface area contributed by atoms with E-state index in [1.54, 1.807) is 6.20 Å². The number of aromatic nitrogens is 3. The molecule has 0 aliphatic carbocycles. The lowest BCUT2D eigenvalue weighted by atomic mass is 10.0. The Balaban J connectivity index is 1.64. The van der Waals surface area contributed by atoms with Gasteiger partial charge in [0, 0.05) is 23.4 Å². The lowest BCUT2D eigenvalue weighted by Gasteiger charge is -2.24. The maximum Gasteiger partial charge on any atom is 0.258 e. The van der Waals surface area contributed by atoms with Crippen molar-refractivity contribution >= 4 is 0 Å². The second kappa shape index (κ2) is 6.76. The Kier molecular flexibility index (Phi) is 4.32. The number of rotatable bonds is 4. The summed E-state index contributed by atoms with van der Waals surface area (Å²) in [5.74, 6) is 1.16. The van der Waals surface area contributed by atoms with Crippen LogP contribution >= 0.6 is 0 Å². The average Bonchev–Trinajstić information content (AvgIpc) is 3.33. The van der Waals surface area contributed by atoms with Gasteiger partial charge in [-0.3, -0.25) is 9.88 Å². The Bertz CT molecular complexity index is 867. The van der Waals surface area contributed by atoms with Crippen LogP contribution < -0.4 is 0 Å². The highest BCUT2D eigenvalue weighted by Crippen LogP contribution is 2.29. The fourth-order valence-corrected chi connectivity index (χ4v) is 3.43. The lowest BCUT2D eigenvalue weighted by Crippen LogP contribution is -2.23. The Labute approximate surface area is 147 Å². The van der Waals surface area contributed by atoms with E-state index in [2.05, 4.69) is 51.2 Å². The molecule has 1 saturated heterocycles. The summed E-state index contributed by atoms with van der Waals surface area (Å²) < 4.78 is 5.28. The number of hydrogen-bond donors (Lipinski definition) is 0. The summed E-state index contributed by atoms with van der Waals surface area (Å²) in [7, 11) is 0. The Hall–Kier alpha value is -2.53. The molecule has 3 aromatic rings. The third-order valence-corrected chi connectivity index (χ3v) is 4.89. The second-order valence-electron chi connectivity index (χ2n) is 6.62. The van der Waals surface area contributed by atoms with E-state index >= 15 is 0 Å². The lowest BCUT2D eigenvalue weighted by molar-refractivity contribution is 0.263. The maximum absolute atomic E-state index is 5.28. The number of aryl methyl sites for hydroxylation is 1. The SMILES string of the molecule is Cc1noc(-c2ccnc(-c3cccc([C@@H](C)N4CCCC4)c3)c2)n1. The Morgan fingerprint density at radius 3 is 2.68 bits per heavy atom. The van der Waals surface area contributed by atoms with Gasteiger partial charge in [-0.15, -0.1) is 0 Å². The third-order valence-electron chi connectivity index (χ3n) is 4.89. The van der Waals surface area contributed by atoms with Gasteiger partial charge in [0.25, 0.3) is 5.89 Å². The van der Waals surface area contributed by atoms with Gasteiger partial charge in [0.05, 0.1) is 5.69 Å². The molecule has 1 aliphatic rings. The van der Waals surface area contributed by atoms with Crippen molar-refractivity contribution in [3.63, 3.8) is 0 Å². The van der Waals surface area contributed by atoms with Crippen LogP contribution in [0.25, 0.3) is 22.7 Å². The monoisotopic (exact) mass is 334 g/mol. The summed E-state index contributed by atoms with van der Waals surface area (Å²) in [6, 6.07) is 13.0. The molecule has 3 heterocycles. The number of nitrogens with zero attached hydrogens (tertiary/aromatic N) is 4. The number of hydrogen-bond acceptors (Lipinski definition) is 5. The molecule has 5 heteroatoms. The molecule has 0 saturated carbocycles. The van der Waals surface area contributed by atoms with Crippen LogP contribution in [0, 0.1) is 6.92 Å². The molecule has 0 amide bonds. The minimum Gasteiger partial charge on any atom is -0.334 e. The summed E-state index contributed by atoms with van der Waals surface area (Å²) in [5, 5.41) is 3.86. The first-order valence-corrected chi connectivity index (χ1v) is 8.82. The topological polar surface area (TPSA) is 55.1 Å². The molecule has 1 fully saturated rings. The van der Waals surface area contributed by atoms with Crippen LogP contribution in [0.3, 0.4) is 0 Å². The van der Waals surface area contributed by atoms with Gasteiger partial charge in [-0.05, 0) is 63.5 Å². The van der Waals surface area contributed by atoms with E-state index < -0.39 is 0 Å². The van der Waals surface area contributed by atoms with E-state index in [0.29, 0.717) is 17.8 Å². The molecule has 25 heavy (non-hydrogen) atoms. The van der Waals surface area contributed by atoms with Crippen LogP contribution in [0.15, 0.2) is 47.1 Å². The van der Waals surface area contributed by atoms with E-state index in [-0.39, 0.29) is 0 Å². The standard InChI is InChI=1S/C20H22N4O/c1-14(24-10-3-4-11-24)16-6-5-7-17(12-16)19-13-18(8-9-21-19)20-22-15(2)23-25-20/h5-9,12-14H,3-4,10-11H2,1-2H3/t14-/m1/s1. The molecule has 0 N–H and O–H groups in total. The fourth-order valence-electron chi connectivity index (χ4n) is 3.43. The van der Waals surface area contributed by atoms with E-state index in [0.717, 1.165) is 16.8 Å². The summed E-state index contributed by atoms with van der Waals surface area (Å²) in [6.07, 6.45) is 4.40. The van der Waals surface area contributed by atoms with Gasteiger partial charge >= 0.3 is 0 Å². The molecule has 1 aliphatic heterocycles. The van der Waals surface area contributed by atoms with Crippen molar-refractivity contribution < 1.29 is 4.52 Å². The quantitative estimate of drug-likeness (QED) is 0.713. The normalized spacial score (nSPS) is 16.2. The van der Waals surface area contributed by atoms with E-state index in [1.807, 2.05) is 19.1 Å². The number of likely N-dealkylation sites (tertiary alicyclic amines) is 1. The second-order valence-corrected chi connectivity index (χ2v) is 6.62. The molecular formula is C20H22N4O. The van der Waals surface area contributed by atoms with E-state index in [4.69, 9.17) is 4.52 Å². The molecule has 0 radical (unpaired) electrons. The first kappa shape index (κ1) is 16.0. The molecule has 0 unspecified atom stereocenters. The van der Waals surface area contributed by atoms with Gasteiger partial charge in [0.15, 0.2) is 5.82 Å². The predicted molar refractivity (Wildman–Crippen MR) is 96.9 cm³/mol. The molecule has 5 nitrogen and oxygen atoms in total. The molecule has 0 spiro atoms. The van der Waals surface area contributed by atoms with Crippen LogP contribution in [0.5, 0.6) is 0 Å². The van der Waals surface area contributed by atoms with Gasteiger partial charge in [0.1, 0.15) is 0 Å². The van der Waals surface area contributed by atoms with Gasteiger partial charge in [-0.25, -0.2) is 0 Å². The largest absolute Gasteiger partial charge is 0.334 e. The third kappa shape index (κ3) is 3.33. The van der Waals surface area contributed by atoms with Gasteiger partial charge in [0.2, 0.25) is 0 Å². The zero-order valence-corrected chi connectivity index (χ0v) is 14.6. The van der Waals surface area contributed by atoms with Crippen LogP contribution in [-0.2, 0) is 0 Å². The molecule has 4 rings (SSSR count). The summed E-state index contributed by atoms with van der Waals surface area (Å²) >= 11 is 0. The smallest absolute Gasteiger partial charge is 0.258 e. The highest BCUT2D eigenvalue weighted by atomic mass is 16.5. The van der Waals surface area contributed by atoms with Crippen molar-refractivity contribution in [3.05, 3.63) is 54.0 Å². The highest BCUT2D eigenvalue weighted by Gasteiger charge is 2.19.